The fourth-order valence-electron chi connectivity index (χ4n) is 1.65. The van der Waals surface area contributed by atoms with Crippen molar-refractivity contribution < 1.29 is 14.3 Å². The van der Waals surface area contributed by atoms with Gasteiger partial charge in [0, 0.05) is 6.42 Å². The zero-order chi connectivity index (χ0) is 10.1. The van der Waals surface area contributed by atoms with Crippen LogP contribution in [-0.2, 0) is 14.3 Å². The molecule has 0 N–H and O–H groups in total. The Morgan fingerprint density at radius 2 is 2.00 bits per heavy atom. The van der Waals surface area contributed by atoms with Crippen molar-refractivity contribution in [3.63, 3.8) is 0 Å². The molecule has 2 atom stereocenters. The molecule has 76 valence electrons. The molecular weight excluding hydrogens is 168 g/mol. The van der Waals surface area contributed by atoms with E-state index in [0.717, 1.165) is 6.42 Å². The monoisotopic (exact) mass is 186 g/mol. The minimum atomic E-state index is -0.485. The van der Waals surface area contributed by atoms with Crippen LogP contribution in [0, 0.1) is 0 Å². The van der Waals surface area contributed by atoms with Gasteiger partial charge in [-0.2, -0.15) is 0 Å². The van der Waals surface area contributed by atoms with Crippen molar-refractivity contribution in [2.24, 2.45) is 0 Å². The summed E-state index contributed by atoms with van der Waals surface area (Å²) in [5, 5.41) is 0. The van der Waals surface area contributed by atoms with Gasteiger partial charge in [0.15, 0.2) is 5.79 Å². The summed E-state index contributed by atoms with van der Waals surface area (Å²) < 4.78 is 11.2. The van der Waals surface area contributed by atoms with Crippen LogP contribution in [0.3, 0.4) is 0 Å². The van der Waals surface area contributed by atoms with Gasteiger partial charge in [-0.3, -0.25) is 0 Å². The van der Waals surface area contributed by atoms with E-state index in [0.29, 0.717) is 6.42 Å². The largest absolute Gasteiger partial charge is 0.345 e. The fraction of sp³-hybridized carbons (Fsp3) is 0.900. The van der Waals surface area contributed by atoms with Crippen LogP contribution in [0.1, 0.15) is 40.5 Å². The van der Waals surface area contributed by atoms with Gasteiger partial charge in [-0.05, 0) is 34.1 Å². The van der Waals surface area contributed by atoms with Crippen molar-refractivity contribution in [3.8, 4) is 0 Å². The molecule has 1 heterocycles. The normalized spacial score (nSPS) is 32.0. The number of hydrogen-bond acceptors (Lipinski definition) is 3. The van der Waals surface area contributed by atoms with E-state index in [-0.39, 0.29) is 18.0 Å². The van der Waals surface area contributed by atoms with Gasteiger partial charge in [0.05, 0.1) is 12.2 Å². The highest BCUT2D eigenvalue weighted by Gasteiger charge is 2.38. The molecule has 0 bridgehead atoms. The van der Waals surface area contributed by atoms with Crippen molar-refractivity contribution in [3.05, 3.63) is 0 Å². The van der Waals surface area contributed by atoms with Crippen LogP contribution in [0.5, 0.6) is 0 Å². The Bertz CT molecular complexity index is 198. The standard InChI is InChI=1S/C10H18O3/c1-7(11)5-6-9-8(2)12-10(3,4)13-9/h8-9H,5-6H2,1-4H3/t8-,9+/m0/s1. The van der Waals surface area contributed by atoms with Crippen LogP contribution < -0.4 is 0 Å². The van der Waals surface area contributed by atoms with Crippen molar-refractivity contribution >= 4 is 5.78 Å². The van der Waals surface area contributed by atoms with Crippen molar-refractivity contribution in [2.75, 3.05) is 0 Å². The maximum Gasteiger partial charge on any atom is 0.163 e. The van der Waals surface area contributed by atoms with Gasteiger partial charge in [-0.1, -0.05) is 0 Å². The van der Waals surface area contributed by atoms with Gasteiger partial charge in [0.1, 0.15) is 5.78 Å². The van der Waals surface area contributed by atoms with Crippen LogP contribution >= 0.6 is 0 Å². The first-order valence-electron chi connectivity index (χ1n) is 4.76. The third kappa shape index (κ3) is 3.08. The second-order valence-corrected chi connectivity index (χ2v) is 4.12. The molecule has 0 aromatic heterocycles. The first-order valence-corrected chi connectivity index (χ1v) is 4.76. The van der Waals surface area contributed by atoms with Gasteiger partial charge in [-0.25, -0.2) is 0 Å². The highest BCUT2D eigenvalue weighted by atomic mass is 16.7. The summed E-state index contributed by atoms with van der Waals surface area (Å²) in [6.45, 7) is 7.39. The lowest BCUT2D eigenvalue weighted by Crippen LogP contribution is -2.21. The van der Waals surface area contributed by atoms with Gasteiger partial charge in [-0.15, -0.1) is 0 Å². The highest BCUT2D eigenvalue weighted by molar-refractivity contribution is 5.75. The molecule has 13 heavy (non-hydrogen) atoms. The Kier molecular flexibility index (Phi) is 3.09. The van der Waals surface area contributed by atoms with Crippen molar-refractivity contribution in [2.45, 2.75) is 58.5 Å². The van der Waals surface area contributed by atoms with E-state index in [1.165, 1.54) is 0 Å². The maximum atomic E-state index is 10.8. The molecule has 0 aliphatic carbocycles. The molecule has 1 rings (SSSR count). The Hall–Kier alpha value is -0.410. The summed E-state index contributed by atoms with van der Waals surface area (Å²) in [5.41, 5.74) is 0. The zero-order valence-electron chi connectivity index (χ0n) is 8.79. The van der Waals surface area contributed by atoms with E-state index in [9.17, 15) is 4.79 Å². The minimum absolute atomic E-state index is 0.0684. The van der Waals surface area contributed by atoms with E-state index < -0.39 is 5.79 Å². The summed E-state index contributed by atoms with van der Waals surface area (Å²) in [7, 11) is 0. The number of hydrogen-bond donors (Lipinski definition) is 0. The summed E-state index contributed by atoms with van der Waals surface area (Å²) in [5.74, 6) is -0.276. The number of ether oxygens (including phenoxy) is 2. The summed E-state index contributed by atoms with van der Waals surface area (Å²) >= 11 is 0. The van der Waals surface area contributed by atoms with Crippen LogP contribution in [0.2, 0.25) is 0 Å². The molecule has 0 spiro atoms. The molecule has 0 aromatic rings. The third-order valence-electron chi connectivity index (χ3n) is 2.21. The summed E-state index contributed by atoms with van der Waals surface area (Å²) in [6.07, 6.45) is 1.50. The average Bonchev–Trinajstić information content (AvgIpc) is 2.20. The van der Waals surface area contributed by atoms with Crippen LogP contribution in [-0.4, -0.2) is 23.8 Å². The Labute approximate surface area is 79.4 Å². The van der Waals surface area contributed by atoms with E-state index in [1.807, 2.05) is 20.8 Å². The lowest BCUT2D eigenvalue weighted by Gasteiger charge is -2.16. The fourth-order valence-corrected chi connectivity index (χ4v) is 1.65. The molecule has 0 amide bonds. The molecule has 0 unspecified atom stereocenters. The lowest BCUT2D eigenvalue weighted by molar-refractivity contribution is -0.146. The number of carbonyl (C=O) groups excluding carboxylic acids is 1. The number of ketones is 1. The zero-order valence-corrected chi connectivity index (χ0v) is 8.79. The maximum absolute atomic E-state index is 10.8. The molecule has 3 nitrogen and oxygen atoms in total. The predicted molar refractivity (Wildman–Crippen MR) is 49.4 cm³/mol. The van der Waals surface area contributed by atoms with Gasteiger partial charge in [0.2, 0.25) is 0 Å². The molecule has 0 radical (unpaired) electrons. The quantitative estimate of drug-likeness (QED) is 0.675. The SMILES string of the molecule is CC(=O)CC[C@H]1OC(C)(C)O[C@H]1C. The molecule has 1 aliphatic heterocycles. The van der Waals surface area contributed by atoms with Crippen LogP contribution in [0.25, 0.3) is 0 Å². The first kappa shape index (κ1) is 10.7. The number of rotatable bonds is 3. The highest BCUT2D eigenvalue weighted by Crippen LogP contribution is 2.30. The summed E-state index contributed by atoms with van der Waals surface area (Å²) in [6, 6.07) is 0. The number of Topliss-reactive ketones (excluding diaryl/α,β-unsaturated/α-hetero) is 1. The second kappa shape index (κ2) is 3.76. The third-order valence-corrected chi connectivity index (χ3v) is 2.21. The molecule has 0 saturated carbocycles. The molecule has 1 saturated heterocycles. The van der Waals surface area contributed by atoms with Crippen molar-refractivity contribution in [1.29, 1.82) is 0 Å². The van der Waals surface area contributed by atoms with E-state index >= 15 is 0 Å². The Morgan fingerprint density at radius 1 is 1.38 bits per heavy atom. The van der Waals surface area contributed by atoms with E-state index in [1.54, 1.807) is 6.92 Å². The lowest BCUT2D eigenvalue weighted by atomic mass is 10.1. The van der Waals surface area contributed by atoms with Gasteiger partial charge >= 0.3 is 0 Å². The first-order chi connectivity index (χ1) is 5.91. The number of carbonyl (C=O) groups is 1. The van der Waals surface area contributed by atoms with Gasteiger partial charge < -0.3 is 14.3 Å². The predicted octanol–water partition coefficient (Wildman–Crippen LogP) is 1.90. The van der Waals surface area contributed by atoms with Crippen LogP contribution in [0.4, 0.5) is 0 Å². The topological polar surface area (TPSA) is 35.5 Å². The smallest absolute Gasteiger partial charge is 0.163 e. The Balaban J connectivity index is 2.39. The molecule has 0 aromatic carbocycles. The summed E-state index contributed by atoms with van der Waals surface area (Å²) in [4.78, 5) is 10.8. The average molecular weight is 186 g/mol. The molecule has 1 fully saturated rings. The van der Waals surface area contributed by atoms with Gasteiger partial charge in [0.25, 0.3) is 0 Å². The van der Waals surface area contributed by atoms with Crippen molar-refractivity contribution in [1.82, 2.24) is 0 Å². The molecular formula is C10H18O3. The van der Waals surface area contributed by atoms with E-state index in [4.69, 9.17) is 9.47 Å². The molecule has 1 aliphatic rings. The van der Waals surface area contributed by atoms with Crippen LogP contribution in [0.15, 0.2) is 0 Å². The molecule has 3 heteroatoms. The van der Waals surface area contributed by atoms with E-state index in [2.05, 4.69) is 0 Å². The minimum Gasteiger partial charge on any atom is -0.345 e. The second-order valence-electron chi connectivity index (χ2n) is 4.12. The Morgan fingerprint density at radius 3 is 2.38 bits per heavy atom.